The Kier molecular flexibility index (Phi) is 3.68. The van der Waals surface area contributed by atoms with Crippen molar-refractivity contribution in [3.05, 3.63) is 47.6 Å². The maximum absolute atomic E-state index is 9.56. The first-order chi connectivity index (χ1) is 9.21. The van der Waals surface area contributed by atoms with Crippen LogP contribution in [-0.4, -0.2) is 48.3 Å². The molecule has 0 bridgehead atoms. The number of phenols is 1. The average Bonchev–Trinajstić information content (AvgIpc) is 2.35. The normalized spacial score (nSPS) is 24.6. The van der Waals surface area contributed by atoms with Crippen LogP contribution in [0.15, 0.2) is 42.0 Å². The lowest BCUT2D eigenvalue weighted by molar-refractivity contribution is -0.311. The summed E-state index contributed by atoms with van der Waals surface area (Å²) < 4.78 is 0. The van der Waals surface area contributed by atoms with Gasteiger partial charge in [0.25, 0.3) is 0 Å². The Morgan fingerprint density at radius 3 is 2.15 bits per heavy atom. The summed E-state index contributed by atoms with van der Waals surface area (Å²) >= 11 is 0. The SMILES string of the molecule is Oc1ccc(C=CC2=CC(O)(O)C(O)C(O)(O)C2)cc1. The third kappa shape index (κ3) is 3.06. The van der Waals surface area contributed by atoms with E-state index >= 15 is 0 Å². The molecular formula is C14H16O6. The Bertz CT molecular complexity index is 541. The van der Waals surface area contributed by atoms with Gasteiger partial charge in [-0.3, -0.25) is 0 Å². The standard InChI is InChI=1S/C14H16O6/c15-11-5-3-9(4-6-11)1-2-10-7-13(17,18)12(16)14(19,20)8-10/h1-7,12,15-20H,8H2. The molecule has 2 rings (SSSR count). The summed E-state index contributed by atoms with van der Waals surface area (Å²) in [4.78, 5) is 0. The van der Waals surface area contributed by atoms with Gasteiger partial charge in [0.05, 0.1) is 0 Å². The van der Waals surface area contributed by atoms with Crippen molar-refractivity contribution in [2.75, 3.05) is 0 Å². The number of aliphatic hydroxyl groups is 5. The van der Waals surface area contributed by atoms with Crippen LogP contribution in [0.25, 0.3) is 6.08 Å². The number of hydrogen-bond donors (Lipinski definition) is 6. The molecule has 1 aromatic carbocycles. The van der Waals surface area contributed by atoms with E-state index in [2.05, 4.69) is 0 Å². The summed E-state index contributed by atoms with van der Waals surface area (Å²) in [5, 5.41) is 56.7. The molecule has 6 nitrogen and oxygen atoms in total. The predicted octanol–water partition coefficient (Wildman–Crippen LogP) is -0.542. The lowest BCUT2D eigenvalue weighted by Gasteiger charge is -2.38. The second-order valence-electron chi connectivity index (χ2n) is 4.89. The van der Waals surface area contributed by atoms with E-state index in [4.69, 9.17) is 5.11 Å². The lowest BCUT2D eigenvalue weighted by Crippen LogP contribution is -2.58. The molecule has 1 aliphatic rings. The molecule has 6 heteroatoms. The molecule has 0 saturated heterocycles. The first kappa shape index (κ1) is 14.7. The summed E-state index contributed by atoms with van der Waals surface area (Å²) in [6.07, 6.45) is 1.58. The smallest absolute Gasteiger partial charge is 0.215 e. The van der Waals surface area contributed by atoms with Gasteiger partial charge in [0.1, 0.15) is 5.75 Å². The highest BCUT2D eigenvalue weighted by Crippen LogP contribution is 2.32. The minimum atomic E-state index is -2.71. The Morgan fingerprint density at radius 1 is 1.00 bits per heavy atom. The fourth-order valence-electron chi connectivity index (χ4n) is 2.04. The summed E-state index contributed by atoms with van der Waals surface area (Å²) in [6.45, 7) is 0. The average molecular weight is 280 g/mol. The van der Waals surface area contributed by atoms with Crippen LogP contribution in [0.3, 0.4) is 0 Å². The minimum absolute atomic E-state index is 0.122. The van der Waals surface area contributed by atoms with E-state index < -0.39 is 17.7 Å². The summed E-state index contributed by atoms with van der Waals surface area (Å²) in [5.74, 6) is -5.21. The van der Waals surface area contributed by atoms with Gasteiger partial charge in [0.15, 0.2) is 11.9 Å². The van der Waals surface area contributed by atoms with Crippen LogP contribution in [-0.2, 0) is 0 Å². The molecule has 0 spiro atoms. The van der Waals surface area contributed by atoms with Gasteiger partial charge in [-0.15, -0.1) is 0 Å². The molecule has 0 aliphatic heterocycles. The van der Waals surface area contributed by atoms with E-state index in [9.17, 15) is 25.5 Å². The molecule has 0 amide bonds. The monoisotopic (exact) mass is 280 g/mol. The first-order valence-electron chi connectivity index (χ1n) is 5.97. The van der Waals surface area contributed by atoms with Gasteiger partial charge in [0.2, 0.25) is 5.79 Å². The summed E-state index contributed by atoms with van der Waals surface area (Å²) in [7, 11) is 0. The van der Waals surface area contributed by atoms with Gasteiger partial charge in [0, 0.05) is 6.42 Å². The summed E-state index contributed by atoms with van der Waals surface area (Å²) in [6, 6.07) is 6.26. The maximum Gasteiger partial charge on any atom is 0.215 e. The van der Waals surface area contributed by atoms with Crippen LogP contribution in [0.1, 0.15) is 12.0 Å². The Balaban J connectivity index is 2.23. The molecule has 0 fully saturated rings. The molecule has 108 valence electrons. The molecule has 1 aromatic rings. The molecule has 20 heavy (non-hydrogen) atoms. The second kappa shape index (κ2) is 5.01. The summed E-state index contributed by atoms with van der Waals surface area (Å²) in [5.41, 5.74) is 0.983. The van der Waals surface area contributed by atoms with Gasteiger partial charge >= 0.3 is 0 Å². The predicted molar refractivity (Wildman–Crippen MR) is 70.2 cm³/mol. The van der Waals surface area contributed by atoms with Crippen molar-refractivity contribution in [2.24, 2.45) is 0 Å². The van der Waals surface area contributed by atoms with Gasteiger partial charge in [-0.05, 0) is 29.3 Å². The number of aromatic hydroxyl groups is 1. The van der Waals surface area contributed by atoms with Gasteiger partial charge < -0.3 is 30.6 Å². The van der Waals surface area contributed by atoms with Crippen LogP contribution in [0.4, 0.5) is 0 Å². The molecule has 1 atom stereocenters. The third-order valence-electron chi connectivity index (χ3n) is 3.09. The van der Waals surface area contributed by atoms with Crippen LogP contribution >= 0.6 is 0 Å². The van der Waals surface area contributed by atoms with Crippen molar-refractivity contribution in [3.63, 3.8) is 0 Å². The maximum atomic E-state index is 9.56. The first-order valence-corrected chi connectivity index (χ1v) is 5.97. The molecule has 0 aromatic heterocycles. The Labute approximate surface area is 115 Å². The fraction of sp³-hybridized carbons (Fsp3) is 0.286. The molecular weight excluding hydrogens is 264 g/mol. The number of rotatable bonds is 2. The molecule has 6 N–H and O–H groups in total. The number of hydrogen-bond acceptors (Lipinski definition) is 6. The lowest BCUT2D eigenvalue weighted by atomic mass is 9.86. The van der Waals surface area contributed by atoms with E-state index in [0.717, 1.165) is 11.6 Å². The van der Waals surface area contributed by atoms with Gasteiger partial charge in [-0.1, -0.05) is 24.3 Å². The molecule has 0 radical (unpaired) electrons. The Hall–Kier alpha value is -1.70. The second-order valence-corrected chi connectivity index (χ2v) is 4.89. The Morgan fingerprint density at radius 2 is 1.60 bits per heavy atom. The van der Waals surface area contributed by atoms with Gasteiger partial charge in [-0.2, -0.15) is 0 Å². The highest BCUT2D eigenvalue weighted by atomic mass is 16.6. The van der Waals surface area contributed by atoms with E-state index in [1.165, 1.54) is 18.2 Å². The van der Waals surface area contributed by atoms with Crippen molar-refractivity contribution >= 4 is 6.08 Å². The highest BCUT2D eigenvalue weighted by molar-refractivity contribution is 5.54. The highest BCUT2D eigenvalue weighted by Gasteiger charge is 2.49. The van der Waals surface area contributed by atoms with Crippen molar-refractivity contribution in [1.82, 2.24) is 0 Å². The van der Waals surface area contributed by atoms with E-state index in [1.54, 1.807) is 18.2 Å². The quantitative estimate of drug-likeness (QED) is 0.405. The number of aliphatic hydroxyl groups excluding tert-OH is 1. The largest absolute Gasteiger partial charge is 0.508 e. The van der Waals surface area contributed by atoms with Crippen LogP contribution in [0.2, 0.25) is 0 Å². The van der Waals surface area contributed by atoms with E-state index in [1.807, 2.05) is 0 Å². The molecule has 1 unspecified atom stereocenters. The molecule has 1 aliphatic carbocycles. The minimum Gasteiger partial charge on any atom is -0.508 e. The topological polar surface area (TPSA) is 121 Å². The van der Waals surface area contributed by atoms with Crippen molar-refractivity contribution in [3.8, 4) is 5.75 Å². The number of phenolic OH excluding ortho intramolecular Hbond substituents is 1. The van der Waals surface area contributed by atoms with Crippen molar-refractivity contribution < 1.29 is 30.6 Å². The van der Waals surface area contributed by atoms with Crippen LogP contribution in [0.5, 0.6) is 5.75 Å². The third-order valence-corrected chi connectivity index (χ3v) is 3.09. The zero-order valence-corrected chi connectivity index (χ0v) is 10.5. The number of benzene rings is 1. The molecule has 0 heterocycles. The van der Waals surface area contributed by atoms with E-state index in [-0.39, 0.29) is 17.7 Å². The van der Waals surface area contributed by atoms with E-state index in [0.29, 0.717) is 0 Å². The van der Waals surface area contributed by atoms with Crippen molar-refractivity contribution in [1.29, 1.82) is 0 Å². The van der Waals surface area contributed by atoms with Crippen LogP contribution < -0.4 is 0 Å². The zero-order valence-electron chi connectivity index (χ0n) is 10.5. The fourth-order valence-corrected chi connectivity index (χ4v) is 2.04. The number of allylic oxidation sites excluding steroid dienone is 1. The van der Waals surface area contributed by atoms with Crippen LogP contribution in [0, 0.1) is 0 Å². The van der Waals surface area contributed by atoms with Gasteiger partial charge in [-0.25, -0.2) is 0 Å². The van der Waals surface area contributed by atoms with Crippen molar-refractivity contribution in [2.45, 2.75) is 24.1 Å². The zero-order chi connectivity index (χ0) is 15.0. The molecule has 0 saturated carbocycles.